The van der Waals surface area contributed by atoms with Crippen LogP contribution in [0.4, 0.5) is 8.78 Å². The van der Waals surface area contributed by atoms with Crippen molar-refractivity contribution >= 4 is 10.8 Å². The molecule has 1 aromatic carbocycles. The normalized spacial score (nSPS) is 14.5. The zero-order valence-electron chi connectivity index (χ0n) is 10.0. The van der Waals surface area contributed by atoms with Crippen LogP contribution < -0.4 is 0 Å². The molecule has 2 heterocycles. The molecule has 20 heavy (non-hydrogen) atoms. The number of alkyl halides is 2. The summed E-state index contributed by atoms with van der Waals surface area (Å²) in [7, 11) is 0. The van der Waals surface area contributed by atoms with E-state index in [1.54, 1.807) is 24.4 Å². The fraction of sp³-hybridized carbons (Fsp3) is 0.0667. The van der Waals surface area contributed by atoms with E-state index in [4.69, 9.17) is 0 Å². The Morgan fingerprint density at radius 2 is 1.90 bits per heavy atom. The van der Waals surface area contributed by atoms with Gasteiger partial charge in [0.25, 0.3) is 5.92 Å². The van der Waals surface area contributed by atoms with Gasteiger partial charge in [0, 0.05) is 38.5 Å². The van der Waals surface area contributed by atoms with Crippen LogP contribution in [0.3, 0.4) is 0 Å². The summed E-state index contributed by atoms with van der Waals surface area (Å²) in [6, 6.07) is 11.0. The van der Waals surface area contributed by atoms with E-state index in [2.05, 4.69) is 16.0 Å². The van der Waals surface area contributed by atoms with E-state index >= 15 is 0 Å². The molecule has 0 saturated carbocycles. The molecule has 0 saturated heterocycles. The van der Waals surface area contributed by atoms with Gasteiger partial charge in [-0.2, -0.15) is 0 Å². The van der Waals surface area contributed by atoms with Crippen LogP contribution >= 0.6 is 0 Å². The van der Waals surface area contributed by atoms with Crippen molar-refractivity contribution in [2.75, 3.05) is 0 Å². The molecule has 0 fully saturated rings. The van der Waals surface area contributed by atoms with Crippen molar-refractivity contribution in [1.29, 1.82) is 0 Å². The Morgan fingerprint density at radius 3 is 2.75 bits per heavy atom. The molecule has 0 aliphatic heterocycles. The summed E-state index contributed by atoms with van der Waals surface area (Å²) in [6.45, 7) is 0. The number of nitrogens with zero attached hydrogens (tertiary/aromatic N) is 2. The van der Waals surface area contributed by atoms with Crippen molar-refractivity contribution in [2.24, 2.45) is 0 Å². The van der Waals surface area contributed by atoms with Gasteiger partial charge in [0.1, 0.15) is 0 Å². The largest absolute Gasteiger partial charge is 0.350 e. The molecule has 2 nitrogen and oxygen atoms in total. The van der Waals surface area contributed by atoms with Crippen LogP contribution in [0.15, 0.2) is 42.7 Å². The first-order valence-electron chi connectivity index (χ1n) is 5.83. The Morgan fingerprint density at radius 1 is 1.05 bits per heavy atom. The molecule has 0 bridgehead atoms. The molecule has 0 spiro atoms. The summed E-state index contributed by atoms with van der Waals surface area (Å²) in [5.74, 6) is -3.11. The Balaban J connectivity index is 0.00000121. The minimum atomic E-state index is -3.11. The number of hydrogen-bond acceptors (Lipinski definition) is 2. The predicted octanol–water partition coefficient (Wildman–Crippen LogP) is 3.55. The molecule has 0 amide bonds. The quantitative estimate of drug-likeness (QED) is 0.492. The topological polar surface area (TPSA) is 25.8 Å². The van der Waals surface area contributed by atoms with Crippen LogP contribution in [0.25, 0.3) is 22.0 Å². The Kier molecular flexibility index (Phi) is 2.94. The van der Waals surface area contributed by atoms with Gasteiger partial charge in [0.05, 0.1) is 0 Å². The maximum absolute atomic E-state index is 14.5. The molecular formula is C15H7F2N2Pt-. The SMILES string of the molecule is FC1(F)c2ncc[c-]c2-c2nccc3cccc1c23.[Pt]. The van der Waals surface area contributed by atoms with Crippen LogP contribution in [0.1, 0.15) is 11.3 Å². The standard InChI is InChI=1S/C15H7F2N2.Pt/c16-15(17)11-5-1-3-9-6-8-18-13(12(9)11)10-4-2-7-19-14(10)15;/h1-3,5-8H;/q-1;. The average molecular weight is 448 g/mol. The third kappa shape index (κ3) is 1.58. The molecule has 3 aromatic rings. The van der Waals surface area contributed by atoms with E-state index in [-0.39, 0.29) is 37.9 Å². The molecule has 102 valence electrons. The van der Waals surface area contributed by atoms with Crippen LogP contribution in [-0.4, -0.2) is 9.97 Å². The fourth-order valence-corrected chi connectivity index (χ4v) is 2.59. The second-order valence-electron chi connectivity index (χ2n) is 4.45. The summed E-state index contributed by atoms with van der Waals surface area (Å²) in [5, 5.41) is 1.25. The minimum Gasteiger partial charge on any atom is -0.350 e. The predicted molar refractivity (Wildman–Crippen MR) is 66.8 cm³/mol. The maximum atomic E-state index is 14.5. The molecule has 5 heteroatoms. The summed E-state index contributed by atoms with van der Waals surface area (Å²) in [6.07, 6.45) is 2.95. The summed E-state index contributed by atoms with van der Waals surface area (Å²) in [4.78, 5) is 8.08. The van der Waals surface area contributed by atoms with Crippen molar-refractivity contribution in [2.45, 2.75) is 5.92 Å². The van der Waals surface area contributed by atoms with Crippen LogP contribution in [-0.2, 0) is 27.0 Å². The second kappa shape index (κ2) is 4.42. The molecule has 0 unspecified atom stereocenters. The number of hydrogen-bond donors (Lipinski definition) is 0. The average Bonchev–Trinajstić information content (AvgIpc) is 2.45. The Labute approximate surface area is 128 Å². The van der Waals surface area contributed by atoms with Gasteiger partial charge in [0.15, 0.2) is 0 Å². The molecule has 1 aliphatic rings. The van der Waals surface area contributed by atoms with Crippen molar-refractivity contribution in [3.8, 4) is 11.3 Å². The number of aromatic nitrogens is 2. The summed E-state index contributed by atoms with van der Waals surface area (Å²) < 4.78 is 29.1. The van der Waals surface area contributed by atoms with E-state index in [0.717, 1.165) is 5.39 Å². The number of halogens is 2. The zero-order chi connectivity index (χ0) is 13.0. The van der Waals surface area contributed by atoms with E-state index in [1.165, 1.54) is 18.3 Å². The van der Waals surface area contributed by atoms with Crippen molar-refractivity contribution < 1.29 is 29.8 Å². The molecule has 1 aliphatic carbocycles. The summed E-state index contributed by atoms with van der Waals surface area (Å²) in [5.41, 5.74) is 0.514. The van der Waals surface area contributed by atoms with Gasteiger partial charge in [-0.05, 0) is 22.5 Å². The van der Waals surface area contributed by atoms with E-state index < -0.39 is 5.92 Å². The van der Waals surface area contributed by atoms with Gasteiger partial charge in [-0.25, -0.2) is 8.78 Å². The third-order valence-electron chi connectivity index (χ3n) is 3.41. The van der Waals surface area contributed by atoms with Crippen molar-refractivity contribution in [1.82, 2.24) is 9.97 Å². The minimum absolute atomic E-state index is 0. The summed E-state index contributed by atoms with van der Waals surface area (Å²) >= 11 is 0. The fourth-order valence-electron chi connectivity index (χ4n) is 2.59. The van der Waals surface area contributed by atoms with Crippen LogP contribution in [0.5, 0.6) is 0 Å². The van der Waals surface area contributed by atoms with Gasteiger partial charge in [-0.1, -0.05) is 30.0 Å². The number of rotatable bonds is 0. The third-order valence-corrected chi connectivity index (χ3v) is 3.41. The van der Waals surface area contributed by atoms with Crippen molar-refractivity contribution in [3.63, 3.8) is 0 Å². The smallest absolute Gasteiger partial charge is 0.282 e. The first-order chi connectivity index (χ1) is 9.19. The molecule has 0 atom stereocenters. The van der Waals surface area contributed by atoms with Gasteiger partial charge in [-0.3, -0.25) is 0 Å². The number of fused-ring (bicyclic) bond motifs is 2. The van der Waals surface area contributed by atoms with Gasteiger partial charge in [0.2, 0.25) is 0 Å². The first-order valence-corrected chi connectivity index (χ1v) is 5.83. The molecule has 0 N–H and O–H groups in total. The molecular weight excluding hydrogens is 441 g/mol. The Hall–Kier alpha value is -1.67. The van der Waals surface area contributed by atoms with Crippen molar-refractivity contribution in [3.05, 3.63) is 60.0 Å². The molecule has 2 aromatic heterocycles. The first kappa shape index (κ1) is 13.3. The van der Waals surface area contributed by atoms with E-state index in [1.807, 2.05) is 0 Å². The monoisotopic (exact) mass is 448 g/mol. The molecule has 0 radical (unpaired) electrons. The number of benzene rings is 1. The zero-order valence-corrected chi connectivity index (χ0v) is 12.3. The maximum Gasteiger partial charge on any atom is 0.282 e. The second-order valence-corrected chi connectivity index (χ2v) is 4.45. The van der Waals surface area contributed by atoms with Crippen LogP contribution in [0.2, 0.25) is 0 Å². The van der Waals surface area contributed by atoms with Gasteiger partial charge >= 0.3 is 0 Å². The van der Waals surface area contributed by atoms with Gasteiger partial charge in [-0.15, -0.1) is 12.1 Å². The Bertz CT molecular complexity index is 813. The van der Waals surface area contributed by atoms with E-state index in [0.29, 0.717) is 11.1 Å². The van der Waals surface area contributed by atoms with Gasteiger partial charge < -0.3 is 9.97 Å². The number of pyridine rings is 2. The van der Waals surface area contributed by atoms with Crippen LogP contribution in [0, 0.1) is 6.07 Å². The molecule has 4 rings (SSSR count). The van der Waals surface area contributed by atoms with E-state index in [9.17, 15) is 8.78 Å².